The first-order valence-corrected chi connectivity index (χ1v) is 11.6. The maximum Gasteiger partial charge on any atom is 0.256 e. The van der Waals surface area contributed by atoms with Crippen LogP contribution in [0.25, 0.3) is 0 Å². The summed E-state index contributed by atoms with van der Waals surface area (Å²) in [6.07, 6.45) is 0. The lowest BCUT2D eigenvalue weighted by atomic mass is 9.78. The molecule has 0 saturated carbocycles. The zero-order valence-corrected chi connectivity index (χ0v) is 19.7. The summed E-state index contributed by atoms with van der Waals surface area (Å²) < 4.78 is 20.8. The summed E-state index contributed by atoms with van der Waals surface area (Å²) >= 11 is 3.46. The standard InChI is InChI=1S/C25H21BrFN3O4/c1-14-22(17-12-16(26)10-11-21(17)34-13-15-6-2-4-8-19(15)27)23(30(32)33)25(29-14)18-7-3-5-9-20(18)28-24(25)31/h2-12,14,22-23,29H,13H2,1H3,(H,28,31)/t14-,22-,23+,25-/m0/s1. The van der Waals surface area contributed by atoms with E-state index in [1.165, 1.54) is 6.07 Å². The minimum absolute atomic E-state index is 0.0343. The summed E-state index contributed by atoms with van der Waals surface area (Å²) in [5, 5.41) is 18.6. The molecular formula is C25H21BrFN3O4. The van der Waals surface area contributed by atoms with Crippen LogP contribution in [0.5, 0.6) is 5.75 Å². The first kappa shape index (κ1) is 22.5. The van der Waals surface area contributed by atoms with E-state index in [-0.39, 0.29) is 11.5 Å². The molecule has 174 valence electrons. The van der Waals surface area contributed by atoms with Crippen molar-refractivity contribution in [3.63, 3.8) is 0 Å². The van der Waals surface area contributed by atoms with Crippen LogP contribution in [0.4, 0.5) is 10.1 Å². The van der Waals surface area contributed by atoms with Crippen LogP contribution in [0.1, 0.15) is 29.5 Å². The van der Waals surface area contributed by atoms with Gasteiger partial charge in [0.25, 0.3) is 11.9 Å². The van der Waals surface area contributed by atoms with E-state index in [9.17, 15) is 19.3 Å². The number of nitrogens with one attached hydrogen (secondary N) is 2. The molecule has 0 aromatic heterocycles. The lowest BCUT2D eigenvalue weighted by Gasteiger charge is -2.26. The third-order valence-corrected chi connectivity index (χ3v) is 7.13. The van der Waals surface area contributed by atoms with Gasteiger partial charge in [0.15, 0.2) is 5.54 Å². The number of anilines is 1. The molecule has 0 radical (unpaired) electrons. The van der Waals surface area contributed by atoms with Gasteiger partial charge in [-0.15, -0.1) is 0 Å². The fraction of sp³-hybridized carbons (Fsp3) is 0.240. The number of amides is 1. The van der Waals surface area contributed by atoms with E-state index in [0.717, 1.165) is 0 Å². The molecule has 1 saturated heterocycles. The number of fused-ring (bicyclic) bond motifs is 2. The number of ether oxygens (including phenoxy) is 1. The van der Waals surface area contributed by atoms with Crippen LogP contribution in [0, 0.1) is 15.9 Å². The maximum absolute atomic E-state index is 14.1. The number of nitrogens with zero attached hydrogens (tertiary/aromatic N) is 1. The zero-order chi connectivity index (χ0) is 24.0. The molecule has 5 rings (SSSR count). The fourth-order valence-corrected chi connectivity index (χ4v) is 5.58. The van der Waals surface area contributed by atoms with Gasteiger partial charge < -0.3 is 10.1 Å². The van der Waals surface area contributed by atoms with Crippen molar-refractivity contribution >= 4 is 27.5 Å². The molecule has 2 aliphatic rings. The van der Waals surface area contributed by atoms with E-state index in [1.807, 2.05) is 6.92 Å². The van der Waals surface area contributed by atoms with Crippen molar-refractivity contribution < 1.29 is 18.8 Å². The third kappa shape index (κ3) is 3.47. The number of carbonyl (C=O) groups excluding carboxylic acids is 1. The number of halogens is 2. The van der Waals surface area contributed by atoms with Crippen LogP contribution in [-0.4, -0.2) is 22.9 Å². The number of hydrogen-bond acceptors (Lipinski definition) is 5. The van der Waals surface area contributed by atoms with Gasteiger partial charge in [-0.1, -0.05) is 52.3 Å². The van der Waals surface area contributed by atoms with Gasteiger partial charge in [-0.3, -0.25) is 20.2 Å². The Bertz CT molecular complexity index is 1300. The van der Waals surface area contributed by atoms with E-state index in [2.05, 4.69) is 26.6 Å². The normalized spacial score (nSPS) is 25.3. The van der Waals surface area contributed by atoms with Gasteiger partial charge in [-0.2, -0.15) is 0 Å². The predicted molar refractivity (Wildman–Crippen MR) is 128 cm³/mol. The summed E-state index contributed by atoms with van der Waals surface area (Å²) in [5.74, 6) is -1.13. The Morgan fingerprint density at radius 1 is 1.15 bits per heavy atom. The molecule has 2 N–H and O–H groups in total. The van der Waals surface area contributed by atoms with Crippen molar-refractivity contribution in [2.24, 2.45) is 0 Å². The molecular weight excluding hydrogens is 505 g/mol. The molecule has 2 heterocycles. The Labute approximate surface area is 203 Å². The van der Waals surface area contributed by atoms with Crippen LogP contribution in [0.2, 0.25) is 0 Å². The largest absolute Gasteiger partial charge is 0.488 e. The second-order valence-electron chi connectivity index (χ2n) is 8.56. The van der Waals surface area contributed by atoms with E-state index in [1.54, 1.807) is 60.7 Å². The molecule has 7 nitrogen and oxygen atoms in total. The molecule has 0 bridgehead atoms. The molecule has 3 aromatic carbocycles. The molecule has 3 aromatic rings. The summed E-state index contributed by atoms with van der Waals surface area (Å²) in [6.45, 7) is 1.79. The third-order valence-electron chi connectivity index (χ3n) is 6.64. The summed E-state index contributed by atoms with van der Waals surface area (Å²) in [6, 6.07) is 16.8. The highest BCUT2D eigenvalue weighted by atomic mass is 79.9. The summed E-state index contributed by atoms with van der Waals surface area (Å²) in [5.41, 5.74) is 0.543. The molecule has 0 aliphatic carbocycles. The lowest BCUT2D eigenvalue weighted by Crippen LogP contribution is -2.54. The Hall–Kier alpha value is -3.30. The highest BCUT2D eigenvalue weighted by Gasteiger charge is 2.68. The van der Waals surface area contributed by atoms with E-state index in [4.69, 9.17) is 4.74 Å². The van der Waals surface area contributed by atoms with Gasteiger partial charge in [0.1, 0.15) is 18.2 Å². The van der Waals surface area contributed by atoms with Crippen molar-refractivity contribution in [3.05, 3.63) is 104 Å². The smallest absolute Gasteiger partial charge is 0.256 e. The minimum atomic E-state index is -1.52. The van der Waals surface area contributed by atoms with Crippen LogP contribution in [-0.2, 0) is 16.9 Å². The van der Waals surface area contributed by atoms with E-state index in [0.29, 0.717) is 32.6 Å². The Balaban J connectivity index is 1.59. The SMILES string of the molecule is C[C@@H]1N[C@]2(C(=O)Nc3ccccc32)[C@H]([N+](=O)[O-])[C@@H]1c1cc(Br)ccc1OCc1ccccc1F. The Kier molecular flexibility index (Phi) is 5.61. The van der Waals surface area contributed by atoms with Crippen LogP contribution in [0.15, 0.2) is 71.2 Å². The highest BCUT2D eigenvalue weighted by molar-refractivity contribution is 9.10. The van der Waals surface area contributed by atoms with Gasteiger partial charge in [0.05, 0.1) is 5.92 Å². The molecule has 2 aliphatic heterocycles. The molecule has 4 atom stereocenters. The molecule has 1 amide bonds. The number of benzene rings is 3. The van der Waals surface area contributed by atoms with E-state index >= 15 is 0 Å². The summed E-state index contributed by atoms with van der Waals surface area (Å²) in [4.78, 5) is 25.4. The van der Waals surface area contributed by atoms with Crippen molar-refractivity contribution in [1.82, 2.24) is 5.32 Å². The minimum Gasteiger partial charge on any atom is -0.488 e. The zero-order valence-electron chi connectivity index (χ0n) is 18.1. The number of para-hydroxylation sites is 1. The fourth-order valence-electron chi connectivity index (χ4n) is 5.20. The predicted octanol–water partition coefficient (Wildman–Crippen LogP) is 4.74. The van der Waals surface area contributed by atoms with Crippen molar-refractivity contribution in [2.75, 3.05) is 5.32 Å². The lowest BCUT2D eigenvalue weighted by molar-refractivity contribution is -0.532. The monoisotopic (exact) mass is 525 g/mol. The Morgan fingerprint density at radius 3 is 2.65 bits per heavy atom. The van der Waals surface area contributed by atoms with Crippen molar-refractivity contribution in [2.45, 2.75) is 37.1 Å². The van der Waals surface area contributed by atoms with Crippen LogP contribution in [0.3, 0.4) is 0 Å². The van der Waals surface area contributed by atoms with Crippen LogP contribution < -0.4 is 15.4 Å². The number of hydrogen-bond donors (Lipinski definition) is 2. The number of carbonyl (C=O) groups is 1. The van der Waals surface area contributed by atoms with E-state index < -0.39 is 35.3 Å². The van der Waals surface area contributed by atoms with Gasteiger partial charge >= 0.3 is 0 Å². The second kappa shape index (κ2) is 8.48. The van der Waals surface area contributed by atoms with Crippen molar-refractivity contribution in [3.8, 4) is 5.75 Å². The van der Waals surface area contributed by atoms with Crippen molar-refractivity contribution in [1.29, 1.82) is 0 Å². The van der Waals surface area contributed by atoms with Crippen LogP contribution >= 0.6 is 15.9 Å². The Morgan fingerprint density at radius 2 is 1.88 bits per heavy atom. The average Bonchev–Trinajstić information content (AvgIpc) is 3.27. The number of nitro groups is 1. The van der Waals surface area contributed by atoms with Gasteiger partial charge in [-0.05, 0) is 37.3 Å². The number of rotatable bonds is 5. The van der Waals surface area contributed by atoms with Gasteiger partial charge in [0, 0.05) is 37.8 Å². The topological polar surface area (TPSA) is 93.5 Å². The molecule has 1 spiro atoms. The molecule has 9 heteroatoms. The maximum atomic E-state index is 14.1. The molecule has 1 fully saturated rings. The second-order valence-corrected chi connectivity index (χ2v) is 9.47. The van der Waals surface area contributed by atoms with Gasteiger partial charge in [0.2, 0.25) is 0 Å². The highest BCUT2D eigenvalue weighted by Crippen LogP contribution is 2.51. The first-order chi connectivity index (χ1) is 16.3. The molecule has 0 unspecified atom stereocenters. The molecule has 34 heavy (non-hydrogen) atoms. The van der Waals surface area contributed by atoms with Gasteiger partial charge in [-0.25, -0.2) is 4.39 Å². The summed E-state index contributed by atoms with van der Waals surface area (Å²) in [7, 11) is 0. The quantitative estimate of drug-likeness (QED) is 0.370. The first-order valence-electron chi connectivity index (χ1n) is 10.8. The average molecular weight is 526 g/mol.